The van der Waals surface area contributed by atoms with Gasteiger partial charge < -0.3 is 18.7 Å². The van der Waals surface area contributed by atoms with E-state index in [1.54, 1.807) is 6.07 Å². The van der Waals surface area contributed by atoms with E-state index in [2.05, 4.69) is 6.07 Å². The first-order valence-electron chi connectivity index (χ1n) is 11.8. The zero-order valence-electron chi connectivity index (χ0n) is 20.1. The van der Waals surface area contributed by atoms with Crippen LogP contribution in [0, 0.1) is 13.8 Å². The van der Waals surface area contributed by atoms with Gasteiger partial charge in [-0.25, -0.2) is 9.78 Å². The highest BCUT2D eigenvalue weighted by atomic mass is 16.5. The van der Waals surface area contributed by atoms with E-state index in [4.69, 9.17) is 14.1 Å². The molecule has 4 aromatic heterocycles. The minimum atomic E-state index is -1.05. The quantitative estimate of drug-likeness (QED) is 0.281. The van der Waals surface area contributed by atoms with Crippen molar-refractivity contribution in [2.45, 2.75) is 26.9 Å². The summed E-state index contributed by atoms with van der Waals surface area (Å²) in [6.07, 6.45) is 3.68. The van der Waals surface area contributed by atoms with Crippen molar-refractivity contribution >= 4 is 33.4 Å². The van der Waals surface area contributed by atoms with Gasteiger partial charge in [-0.3, -0.25) is 0 Å². The Morgan fingerprint density at radius 1 is 1.03 bits per heavy atom. The molecule has 0 aliphatic carbocycles. The number of aromatic nitrogens is 2. The lowest BCUT2D eigenvalue weighted by Crippen LogP contribution is -2.07. The lowest BCUT2D eigenvalue weighted by atomic mass is 10.0. The van der Waals surface area contributed by atoms with Gasteiger partial charge in [-0.1, -0.05) is 24.3 Å². The zero-order chi connectivity index (χ0) is 25.0. The van der Waals surface area contributed by atoms with E-state index in [0.717, 1.165) is 33.2 Å². The van der Waals surface area contributed by atoms with Crippen LogP contribution < -0.4 is 4.74 Å². The summed E-state index contributed by atoms with van der Waals surface area (Å²) < 4.78 is 14.5. The molecule has 4 heterocycles. The molecule has 0 saturated carbocycles. The summed E-state index contributed by atoms with van der Waals surface area (Å²) in [5.41, 5.74) is 5.78. The molecular weight excluding hydrogens is 452 g/mol. The van der Waals surface area contributed by atoms with E-state index in [1.165, 1.54) is 0 Å². The van der Waals surface area contributed by atoms with E-state index in [1.807, 2.05) is 92.2 Å². The van der Waals surface area contributed by atoms with Gasteiger partial charge in [0.2, 0.25) is 0 Å². The summed E-state index contributed by atoms with van der Waals surface area (Å²) >= 11 is 0. The van der Waals surface area contributed by atoms with Gasteiger partial charge in [-0.2, -0.15) is 0 Å². The number of carbonyl (C=O) groups is 1. The number of benzene rings is 2. The molecule has 6 aromatic rings. The highest BCUT2D eigenvalue weighted by Crippen LogP contribution is 2.38. The number of fused-ring (bicyclic) bond motifs is 3. The number of nitrogens with zero attached hydrogens (tertiary/aromatic N) is 2. The molecule has 6 heteroatoms. The Hall–Kier alpha value is -4.58. The molecule has 0 radical (unpaired) electrons. The Labute approximate surface area is 207 Å². The summed E-state index contributed by atoms with van der Waals surface area (Å²) in [6, 6.07) is 21.2. The van der Waals surface area contributed by atoms with Crippen LogP contribution in [0.3, 0.4) is 0 Å². The molecule has 0 saturated heterocycles. The van der Waals surface area contributed by atoms with Crippen molar-refractivity contribution in [1.82, 2.24) is 9.38 Å². The predicted molar refractivity (Wildman–Crippen MR) is 140 cm³/mol. The molecule has 36 heavy (non-hydrogen) atoms. The maximum Gasteiger partial charge on any atom is 0.336 e. The van der Waals surface area contributed by atoms with Gasteiger partial charge >= 0.3 is 5.97 Å². The average Bonchev–Trinajstić information content (AvgIpc) is 3.49. The van der Waals surface area contributed by atoms with Crippen LogP contribution >= 0.6 is 0 Å². The summed E-state index contributed by atoms with van der Waals surface area (Å²) in [5.74, 6) is 0.00597. The first kappa shape index (κ1) is 21.9. The first-order valence-corrected chi connectivity index (χ1v) is 11.8. The maximum atomic E-state index is 12.5. The number of hydrogen-bond donors (Lipinski definition) is 1. The number of pyridine rings is 2. The molecule has 6 nitrogen and oxygen atoms in total. The van der Waals surface area contributed by atoms with Gasteiger partial charge in [0.05, 0.1) is 16.5 Å². The smallest absolute Gasteiger partial charge is 0.336 e. The summed E-state index contributed by atoms with van der Waals surface area (Å²) in [4.78, 5) is 17.4. The van der Waals surface area contributed by atoms with E-state index >= 15 is 0 Å². The van der Waals surface area contributed by atoms with Crippen molar-refractivity contribution in [3.63, 3.8) is 0 Å². The average molecular weight is 477 g/mol. The van der Waals surface area contributed by atoms with Gasteiger partial charge in [0, 0.05) is 28.9 Å². The van der Waals surface area contributed by atoms with Crippen molar-refractivity contribution in [2.75, 3.05) is 0 Å². The molecule has 1 atom stereocenters. The van der Waals surface area contributed by atoms with Crippen LogP contribution in [0.2, 0.25) is 0 Å². The van der Waals surface area contributed by atoms with Gasteiger partial charge in [0.15, 0.2) is 5.76 Å². The fraction of sp³-hybridized carbons (Fsp3) is 0.133. The van der Waals surface area contributed by atoms with Gasteiger partial charge in [-0.15, -0.1) is 0 Å². The number of carboxylic acids is 1. The van der Waals surface area contributed by atoms with Gasteiger partial charge in [-0.05, 0) is 74.4 Å². The van der Waals surface area contributed by atoms with Crippen molar-refractivity contribution in [2.24, 2.45) is 0 Å². The highest BCUT2D eigenvalue weighted by molar-refractivity contribution is 6.07. The summed E-state index contributed by atoms with van der Waals surface area (Å²) in [7, 11) is 0. The Morgan fingerprint density at radius 3 is 2.67 bits per heavy atom. The topological polar surface area (TPSA) is 77.0 Å². The second kappa shape index (κ2) is 8.27. The minimum absolute atomic E-state index is 0.128. The van der Waals surface area contributed by atoms with Crippen LogP contribution in [0.15, 0.2) is 83.5 Å². The SMILES string of the molecule is Cc1c(-c2cc(C(=O)O)c3c(O[C@H](C)c4ccn5cccc5c4)ccc(C)c3n2)oc2ccccc12. The van der Waals surface area contributed by atoms with Crippen LogP contribution in [-0.4, -0.2) is 20.5 Å². The van der Waals surface area contributed by atoms with Crippen molar-refractivity contribution in [3.8, 4) is 17.2 Å². The minimum Gasteiger partial charge on any atom is -0.485 e. The van der Waals surface area contributed by atoms with Crippen LogP contribution in [0.1, 0.15) is 40.1 Å². The first-order chi connectivity index (χ1) is 17.4. The molecule has 2 aromatic carbocycles. The number of aryl methyl sites for hydroxylation is 2. The number of hydrogen-bond acceptors (Lipinski definition) is 4. The standard InChI is InChI=1S/C30H24N2O4/c1-17-10-11-26(35-19(3)20-12-14-32-13-6-7-21(32)15-20)27-23(30(33)34)16-24(31-28(17)27)29-18(2)22-8-4-5-9-25(22)36-29/h4-16,19H,1-3H3,(H,33,34)/t19-/m1/s1. The monoisotopic (exact) mass is 476 g/mol. The number of carboxylic acid groups (broad SMARTS) is 1. The number of ether oxygens (including phenoxy) is 1. The molecule has 0 amide bonds. The number of aromatic carboxylic acids is 1. The zero-order valence-corrected chi connectivity index (χ0v) is 20.1. The lowest BCUT2D eigenvalue weighted by molar-refractivity contribution is 0.0698. The van der Waals surface area contributed by atoms with E-state index < -0.39 is 5.97 Å². The van der Waals surface area contributed by atoms with E-state index in [0.29, 0.717) is 28.1 Å². The predicted octanol–water partition coefficient (Wildman–Crippen LogP) is 7.36. The molecule has 0 bridgehead atoms. The maximum absolute atomic E-state index is 12.5. The second-order valence-corrected chi connectivity index (χ2v) is 9.08. The molecule has 0 aliphatic heterocycles. The normalized spacial score (nSPS) is 12.4. The van der Waals surface area contributed by atoms with Crippen LogP contribution in [-0.2, 0) is 0 Å². The van der Waals surface area contributed by atoms with Crippen LogP contribution in [0.25, 0.3) is 38.8 Å². The van der Waals surface area contributed by atoms with E-state index in [9.17, 15) is 9.90 Å². The van der Waals surface area contributed by atoms with Crippen LogP contribution in [0.4, 0.5) is 0 Å². The highest BCUT2D eigenvalue weighted by Gasteiger charge is 2.22. The third-order valence-corrected chi connectivity index (χ3v) is 6.76. The van der Waals surface area contributed by atoms with Gasteiger partial charge in [0.25, 0.3) is 0 Å². The Morgan fingerprint density at radius 2 is 1.86 bits per heavy atom. The lowest BCUT2D eigenvalue weighted by Gasteiger charge is -2.19. The van der Waals surface area contributed by atoms with E-state index in [-0.39, 0.29) is 11.7 Å². The van der Waals surface area contributed by atoms with Crippen molar-refractivity contribution in [3.05, 3.63) is 101 Å². The number of rotatable bonds is 5. The largest absolute Gasteiger partial charge is 0.485 e. The molecule has 0 aliphatic rings. The number of furan rings is 1. The summed E-state index contributed by atoms with van der Waals surface area (Å²) in [6.45, 7) is 5.84. The second-order valence-electron chi connectivity index (χ2n) is 9.08. The molecule has 0 spiro atoms. The molecule has 1 N–H and O–H groups in total. The fourth-order valence-corrected chi connectivity index (χ4v) is 4.81. The molecule has 0 unspecified atom stereocenters. The van der Waals surface area contributed by atoms with Crippen molar-refractivity contribution in [1.29, 1.82) is 0 Å². The summed E-state index contributed by atoms with van der Waals surface area (Å²) in [5, 5.41) is 11.7. The molecule has 0 fully saturated rings. The Kier molecular flexibility index (Phi) is 5.04. The Balaban J connectivity index is 1.49. The molecule has 178 valence electrons. The third kappa shape index (κ3) is 3.50. The van der Waals surface area contributed by atoms with Crippen molar-refractivity contribution < 1.29 is 19.1 Å². The Bertz CT molecular complexity index is 1790. The number of para-hydroxylation sites is 1. The molecule has 6 rings (SSSR count). The van der Waals surface area contributed by atoms with Crippen LogP contribution in [0.5, 0.6) is 5.75 Å². The molecular formula is C30H24N2O4. The third-order valence-electron chi connectivity index (χ3n) is 6.76. The fourth-order valence-electron chi connectivity index (χ4n) is 4.81. The van der Waals surface area contributed by atoms with Gasteiger partial charge in [0.1, 0.15) is 23.1 Å².